The van der Waals surface area contributed by atoms with Crippen molar-refractivity contribution in [1.29, 1.82) is 0 Å². The SMILES string of the molecule is Cc1cc(Br)ccc1-c1nc2ccc(CN)cc2n1C. The number of fused-ring (bicyclic) bond motifs is 1. The van der Waals surface area contributed by atoms with Gasteiger partial charge in [0.1, 0.15) is 5.82 Å². The fraction of sp³-hybridized carbons (Fsp3) is 0.188. The molecule has 0 fully saturated rings. The van der Waals surface area contributed by atoms with Gasteiger partial charge >= 0.3 is 0 Å². The van der Waals surface area contributed by atoms with Crippen LogP contribution in [0.1, 0.15) is 11.1 Å². The van der Waals surface area contributed by atoms with E-state index < -0.39 is 0 Å². The first-order valence-electron chi connectivity index (χ1n) is 6.52. The lowest BCUT2D eigenvalue weighted by atomic mass is 10.1. The third-order valence-corrected chi connectivity index (χ3v) is 4.10. The Kier molecular flexibility index (Phi) is 3.36. The molecule has 0 aliphatic rings. The van der Waals surface area contributed by atoms with Gasteiger partial charge in [0, 0.05) is 23.6 Å². The Hall–Kier alpha value is -1.65. The lowest BCUT2D eigenvalue weighted by Crippen LogP contribution is -1.97. The summed E-state index contributed by atoms with van der Waals surface area (Å²) in [5.74, 6) is 0.985. The first kappa shape index (κ1) is 13.3. The summed E-state index contributed by atoms with van der Waals surface area (Å²) in [5.41, 5.74) is 11.3. The summed E-state index contributed by atoms with van der Waals surface area (Å²) in [4.78, 5) is 4.76. The maximum absolute atomic E-state index is 5.71. The van der Waals surface area contributed by atoms with Crippen molar-refractivity contribution in [3.8, 4) is 11.4 Å². The first-order chi connectivity index (χ1) is 9.60. The Labute approximate surface area is 126 Å². The number of hydrogen-bond donors (Lipinski definition) is 1. The number of hydrogen-bond acceptors (Lipinski definition) is 2. The van der Waals surface area contributed by atoms with Crippen molar-refractivity contribution in [3.63, 3.8) is 0 Å². The minimum Gasteiger partial charge on any atom is -0.327 e. The predicted molar refractivity (Wildman–Crippen MR) is 86.5 cm³/mol. The molecule has 3 aromatic rings. The minimum atomic E-state index is 0.549. The molecule has 0 saturated carbocycles. The lowest BCUT2D eigenvalue weighted by Gasteiger charge is -2.06. The van der Waals surface area contributed by atoms with Crippen LogP contribution in [0.15, 0.2) is 40.9 Å². The standard InChI is InChI=1S/C16H16BrN3/c1-10-7-12(17)4-5-13(10)16-19-14-6-3-11(9-18)8-15(14)20(16)2/h3-8H,9,18H2,1-2H3. The molecular formula is C16H16BrN3. The van der Waals surface area contributed by atoms with Crippen LogP contribution in [0.5, 0.6) is 0 Å². The van der Waals surface area contributed by atoms with Gasteiger partial charge in [-0.1, -0.05) is 22.0 Å². The van der Waals surface area contributed by atoms with Gasteiger partial charge in [-0.05, 0) is 48.4 Å². The van der Waals surface area contributed by atoms with Gasteiger partial charge in [-0.3, -0.25) is 0 Å². The molecule has 0 aliphatic heterocycles. The average molecular weight is 330 g/mol. The summed E-state index contributed by atoms with van der Waals surface area (Å²) in [6.07, 6.45) is 0. The molecular weight excluding hydrogens is 314 g/mol. The average Bonchev–Trinajstić information content (AvgIpc) is 2.76. The maximum atomic E-state index is 5.71. The number of halogens is 1. The second-order valence-electron chi connectivity index (χ2n) is 4.98. The first-order valence-corrected chi connectivity index (χ1v) is 7.31. The normalized spacial score (nSPS) is 11.2. The van der Waals surface area contributed by atoms with E-state index in [1.54, 1.807) is 0 Å². The highest BCUT2D eigenvalue weighted by Gasteiger charge is 2.12. The third-order valence-electron chi connectivity index (χ3n) is 3.61. The van der Waals surface area contributed by atoms with Crippen molar-refractivity contribution in [1.82, 2.24) is 9.55 Å². The second kappa shape index (κ2) is 5.04. The van der Waals surface area contributed by atoms with Gasteiger partial charge in [0.05, 0.1) is 11.0 Å². The Morgan fingerprint density at radius 3 is 2.70 bits per heavy atom. The van der Waals surface area contributed by atoms with Crippen LogP contribution in [0, 0.1) is 6.92 Å². The minimum absolute atomic E-state index is 0.549. The molecule has 0 amide bonds. The van der Waals surface area contributed by atoms with Crippen molar-refractivity contribution >= 4 is 27.0 Å². The molecule has 3 rings (SSSR count). The van der Waals surface area contributed by atoms with Gasteiger partial charge in [0.25, 0.3) is 0 Å². The highest BCUT2D eigenvalue weighted by atomic mass is 79.9. The van der Waals surface area contributed by atoms with E-state index in [0.29, 0.717) is 6.54 Å². The van der Waals surface area contributed by atoms with Crippen molar-refractivity contribution in [2.75, 3.05) is 0 Å². The molecule has 0 bridgehead atoms. The quantitative estimate of drug-likeness (QED) is 0.777. The Balaban J connectivity index is 2.24. The molecule has 0 atom stereocenters. The number of aryl methyl sites for hydroxylation is 2. The molecule has 102 valence electrons. The topological polar surface area (TPSA) is 43.8 Å². The van der Waals surface area contributed by atoms with E-state index in [2.05, 4.69) is 45.6 Å². The van der Waals surface area contributed by atoms with E-state index in [9.17, 15) is 0 Å². The number of rotatable bonds is 2. The van der Waals surface area contributed by atoms with Crippen LogP contribution in [0.25, 0.3) is 22.4 Å². The third kappa shape index (κ3) is 2.15. The van der Waals surface area contributed by atoms with Gasteiger partial charge in [0.2, 0.25) is 0 Å². The summed E-state index contributed by atoms with van der Waals surface area (Å²) in [5, 5.41) is 0. The number of imidazole rings is 1. The number of aromatic nitrogens is 2. The van der Waals surface area contributed by atoms with Crippen LogP contribution < -0.4 is 5.73 Å². The molecule has 20 heavy (non-hydrogen) atoms. The van der Waals surface area contributed by atoms with Crippen LogP contribution in [0.4, 0.5) is 0 Å². The van der Waals surface area contributed by atoms with Crippen LogP contribution in [0.2, 0.25) is 0 Å². The lowest BCUT2D eigenvalue weighted by molar-refractivity contribution is 0.954. The molecule has 0 aliphatic carbocycles. The van der Waals surface area contributed by atoms with E-state index in [-0.39, 0.29) is 0 Å². The highest BCUT2D eigenvalue weighted by Crippen LogP contribution is 2.28. The van der Waals surface area contributed by atoms with E-state index in [0.717, 1.165) is 32.5 Å². The monoisotopic (exact) mass is 329 g/mol. The molecule has 3 nitrogen and oxygen atoms in total. The van der Waals surface area contributed by atoms with E-state index >= 15 is 0 Å². The second-order valence-corrected chi connectivity index (χ2v) is 5.90. The molecule has 0 saturated heterocycles. The predicted octanol–water partition coefficient (Wildman–Crippen LogP) is 3.77. The molecule has 1 aromatic heterocycles. The fourth-order valence-corrected chi connectivity index (χ4v) is 2.96. The molecule has 2 aromatic carbocycles. The van der Waals surface area contributed by atoms with Gasteiger partial charge < -0.3 is 10.3 Å². The van der Waals surface area contributed by atoms with Gasteiger partial charge in [-0.15, -0.1) is 0 Å². The van der Waals surface area contributed by atoms with Gasteiger partial charge in [-0.2, -0.15) is 0 Å². The van der Waals surface area contributed by atoms with Crippen molar-refractivity contribution in [2.24, 2.45) is 12.8 Å². The summed E-state index contributed by atoms with van der Waals surface area (Å²) in [7, 11) is 2.05. The highest BCUT2D eigenvalue weighted by molar-refractivity contribution is 9.10. The van der Waals surface area contributed by atoms with Crippen LogP contribution >= 0.6 is 15.9 Å². The van der Waals surface area contributed by atoms with E-state index in [1.165, 1.54) is 5.56 Å². The molecule has 0 spiro atoms. The van der Waals surface area contributed by atoms with Crippen molar-refractivity contribution in [2.45, 2.75) is 13.5 Å². The zero-order valence-corrected chi connectivity index (χ0v) is 13.1. The van der Waals surface area contributed by atoms with Crippen LogP contribution in [0.3, 0.4) is 0 Å². The largest absolute Gasteiger partial charge is 0.327 e. The Morgan fingerprint density at radius 1 is 1.20 bits per heavy atom. The number of nitrogens with zero attached hydrogens (tertiary/aromatic N) is 2. The molecule has 0 radical (unpaired) electrons. The zero-order chi connectivity index (χ0) is 14.3. The fourth-order valence-electron chi connectivity index (χ4n) is 2.48. The molecule has 1 heterocycles. The summed E-state index contributed by atoms with van der Waals surface area (Å²) >= 11 is 3.50. The number of benzene rings is 2. The van der Waals surface area contributed by atoms with Crippen LogP contribution in [-0.2, 0) is 13.6 Å². The Bertz CT molecular complexity index is 790. The van der Waals surface area contributed by atoms with Crippen molar-refractivity contribution < 1.29 is 0 Å². The van der Waals surface area contributed by atoms with Crippen molar-refractivity contribution in [3.05, 3.63) is 52.0 Å². The molecule has 0 unspecified atom stereocenters. The Morgan fingerprint density at radius 2 is 2.00 bits per heavy atom. The smallest absolute Gasteiger partial charge is 0.141 e. The summed E-state index contributed by atoms with van der Waals surface area (Å²) < 4.78 is 3.22. The number of nitrogens with two attached hydrogens (primary N) is 1. The van der Waals surface area contributed by atoms with Crippen LogP contribution in [-0.4, -0.2) is 9.55 Å². The zero-order valence-electron chi connectivity index (χ0n) is 11.5. The van der Waals surface area contributed by atoms with E-state index in [1.807, 2.05) is 25.2 Å². The summed E-state index contributed by atoms with van der Waals surface area (Å²) in [6.45, 7) is 2.65. The maximum Gasteiger partial charge on any atom is 0.141 e. The molecule has 2 N–H and O–H groups in total. The van der Waals surface area contributed by atoms with Gasteiger partial charge in [-0.25, -0.2) is 4.98 Å². The summed E-state index contributed by atoms with van der Waals surface area (Å²) in [6, 6.07) is 12.4. The molecule has 4 heteroatoms. The van der Waals surface area contributed by atoms with Gasteiger partial charge in [0.15, 0.2) is 0 Å². The van der Waals surface area contributed by atoms with E-state index in [4.69, 9.17) is 10.7 Å².